The van der Waals surface area contributed by atoms with Crippen molar-refractivity contribution in [1.82, 2.24) is 15.6 Å². The second-order valence-electron chi connectivity index (χ2n) is 5.83. The van der Waals surface area contributed by atoms with Gasteiger partial charge >= 0.3 is 0 Å². The van der Waals surface area contributed by atoms with E-state index < -0.39 is 0 Å². The van der Waals surface area contributed by atoms with E-state index in [0.717, 1.165) is 25.5 Å². The van der Waals surface area contributed by atoms with Gasteiger partial charge in [-0.3, -0.25) is 4.99 Å². The largest absolute Gasteiger partial charge is 0.356 e. The van der Waals surface area contributed by atoms with Crippen molar-refractivity contribution in [2.24, 2.45) is 4.99 Å². The van der Waals surface area contributed by atoms with Crippen LogP contribution in [0.3, 0.4) is 0 Å². The molecule has 0 saturated carbocycles. The second kappa shape index (κ2) is 7.74. The summed E-state index contributed by atoms with van der Waals surface area (Å²) in [6, 6.07) is 4.29. The monoisotopic (exact) mass is 336 g/mol. The minimum atomic E-state index is 0.0954. The molecule has 0 atom stereocenters. The van der Waals surface area contributed by atoms with E-state index in [0.29, 0.717) is 0 Å². The van der Waals surface area contributed by atoms with E-state index >= 15 is 0 Å². The highest BCUT2D eigenvalue weighted by Crippen LogP contribution is 2.26. The topological polar surface area (TPSA) is 49.3 Å². The first-order chi connectivity index (χ1) is 10.5. The molecule has 0 fully saturated rings. The molecule has 0 spiro atoms. The molecular formula is C16H24N4S2. The Hall–Kier alpha value is -1.40. The summed E-state index contributed by atoms with van der Waals surface area (Å²) in [7, 11) is 1.81. The Morgan fingerprint density at radius 2 is 2.18 bits per heavy atom. The number of nitrogens with zero attached hydrogens (tertiary/aromatic N) is 2. The molecule has 0 bridgehead atoms. The standard InChI is InChI=1S/C16H24N4S2/c1-12-10-19-14(22-12)7-8-18-15(17-4)20-11-16(2,3)13-6-5-9-21-13/h5-6,9-10H,7-8,11H2,1-4H3,(H2,17,18,20). The average Bonchev–Trinajstić information content (AvgIpc) is 3.14. The van der Waals surface area contributed by atoms with Gasteiger partial charge in [0.25, 0.3) is 0 Å². The van der Waals surface area contributed by atoms with Crippen molar-refractivity contribution >= 4 is 28.6 Å². The highest BCUT2D eigenvalue weighted by Gasteiger charge is 2.21. The fourth-order valence-corrected chi connectivity index (χ4v) is 3.72. The van der Waals surface area contributed by atoms with Crippen LogP contribution >= 0.6 is 22.7 Å². The number of guanidine groups is 1. The fourth-order valence-electron chi connectivity index (χ4n) is 2.08. The fraction of sp³-hybridized carbons (Fsp3) is 0.500. The van der Waals surface area contributed by atoms with Crippen LogP contribution in [0.4, 0.5) is 0 Å². The zero-order valence-corrected chi connectivity index (χ0v) is 15.3. The van der Waals surface area contributed by atoms with Gasteiger partial charge in [0.1, 0.15) is 0 Å². The lowest BCUT2D eigenvalue weighted by atomic mass is 9.91. The van der Waals surface area contributed by atoms with Gasteiger partial charge in [0.05, 0.1) is 5.01 Å². The molecule has 0 radical (unpaired) electrons. The van der Waals surface area contributed by atoms with Gasteiger partial charge in [-0.25, -0.2) is 4.98 Å². The number of thiophene rings is 1. The van der Waals surface area contributed by atoms with Crippen LogP contribution in [0.2, 0.25) is 0 Å². The van der Waals surface area contributed by atoms with Crippen molar-refractivity contribution in [2.45, 2.75) is 32.6 Å². The predicted octanol–water partition coefficient (Wildman–Crippen LogP) is 3.20. The maximum Gasteiger partial charge on any atom is 0.191 e. The van der Waals surface area contributed by atoms with Crippen LogP contribution in [0, 0.1) is 6.92 Å². The van der Waals surface area contributed by atoms with Gasteiger partial charge < -0.3 is 10.6 Å². The van der Waals surface area contributed by atoms with Gasteiger partial charge in [0, 0.05) is 47.9 Å². The zero-order valence-electron chi connectivity index (χ0n) is 13.6. The van der Waals surface area contributed by atoms with Crippen molar-refractivity contribution < 1.29 is 0 Å². The summed E-state index contributed by atoms with van der Waals surface area (Å²) in [6.45, 7) is 8.27. The summed E-state index contributed by atoms with van der Waals surface area (Å²) in [5, 5.41) is 10.1. The summed E-state index contributed by atoms with van der Waals surface area (Å²) >= 11 is 3.55. The Bertz CT molecular complexity index is 599. The molecule has 0 aliphatic heterocycles. The van der Waals surface area contributed by atoms with E-state index in [1.165, 1.54) is 14.8 Å². The molecule has 2 rings (SSSR count). The van der Waals surface area contributed by atoms with Crippen LogP contribution in [-0.2, 0) is 11.8 Å². The minimum Gasteiger partial charge on any atom is -0.356 e. The molecule has 0 saturated heterocycles. The molecule has 2 N–H and O–H groups in total. The number of rotatable bonds is 6. The maximum absolute atomic E-state index is 4.38. The van der Waals surface area contributed by atoms with Crippen LogP contribution in [0.25, 0.3) is 0 Å². The van der Waals surface area contributed by atoms with Crippen molar-refractivity contribution in [3.05, 3.63) is 38.5 Å². The average molecular weight is 337 g/mol. The predicted molar refractivity (Wildman–Crippen MR) is 97.3 cm³/mol. The lowest BCUT2D eigenvalue weighted by Crippen LogP contribution is -2.43. The van der Waals surface area contributed by atoms with Crippen LogP contribution in [0.1, 0.15) is 28.6 Å². The molecule has 0 aliphatic rings. The summed E-state index contributed by atoms with van der Waals surface area (Å²) in [6.07, 6.45) is 2.85. The van der Waals surface area contributed by atoms with E-state index in [1.807, 2.05) is 6.20 Å². The molecule has 22 heavy (non-hydrogen) atoms. The smallest absolute Gasteiger partial charge is 0.191 e. The Balaban J connectivity index is 1.78. The van der Waals surface area contributed by atoms with E-state index in [1.54, 1.807) is 29.7 Å². The Kier molecular flexibility index (Phi) is 5.97. The molecule has 0 aromatic carbocycles. The third-order valence-electron chi connectivity index (χ3n) is 3.41. The van der Waals surface area contributed by atoms with Crippen molar-refractivity contribution in [3.8, 4) is 0 Å². The van der Waals surface area contributed by atoms with E-state index in [9.17, 15) is 0 Å². The van der Waals surface area contributed by atoms with Gasteiger partial charge in [-0.2, -0.15) is 0 Å². The third-order valence-corrected chi connectivity index (χ3v) is 5.62. The van der Waals surface area contributed by atoms with Crippen LogP contribution < -0.4 is 10.6 Å². The van der Waals surface area contributed by atoms with Crippen molar-refractivity contribution in [1.29, 1.82) is 0 Å². The minimum absolute atomic E-state index is 0.0954. The van der Waals surface area contributed by atoms with Gasteiger partial charge in [0.15, 0.2) is 5.96 Å². The number of aromatic nitrogens is 1. The normalized spacial score (nSPS) is 12.5. The number of hydrogen-bond donors (Lipinski definition) is 2. The maximum atomic E-state index is 4.38. The number of thiazole rings is 1. The molecule has 0 unspecified atom stereocenters. The zero-order chi connectivity index (χ0) is 16.0. The number of nitrogens with one attached hydrogen (secondary N) is 2. The number of aryl methyl sites for hydroxylation is 1. The first-order valence-corrected chi connectivity index (χ1v) is 9.11. The van der Waals surface area contributed by atoms with Crippen LogP contribution in [0.15, 0.2) is 28.7 Å². The summed E-state index contributed by atoms with van der Waals surface area (Å²) in [4.78, 5) is 11.3. The molecule has 120 valence electrons. The molecule has 2 aromatic heterocycles. The van der Waals surface area contributed by atoms with E-state index in [-0.39, 0.29) is 5.41 Å². The van der Waals surface area contributed by atoms with Gasteiger partial charge in [0.2, 0.25) is 0 Å². The molecular weight excluding hydrogens is 312 g/mol. The lowest BCUT2D eigenvalue weighted by Gasteiger charge is -2.25. The van der Waals surface area contributed by atoms with Crippen LogP contribution in [0.5, 0.6) is 0 Å². The molecule has 2 heterocycles. The Morgan fingerprint density at radius 1 is 1.36 bits per heavy atom. The van der Waals surface area contributed by atoms with Crippen molar-refractivity contribution in [3.63, 3.8) is 0 Å². The first kappa shape index (κ1) is 17.0. The molecule has 6 heteroatoms. The highest BCUT2D eigenvalue weighted by atomic mass is 32.1. The Morgan fingerprint density at radius 3 is 2.77 bits per heavy atom. The first-order valence-electron chi connectivity index (χ1n) is 7.41. The van der Waals surface area contributed by atoms with E-state index in [2.05, 4.69) is 58.9 Å². The van der Waals surface area contributed by atoms with Crippen molar-refractivity contribution in [2.75, 3.05) is 20.1 Å². The summed E-state index contributed by atoms with van der Waals surface area (Å²) in [5.74, 6) is 0.845. The number of aliphatic imine (C=N–C) groups is 1. The van der Waals surface area contributed by atoms with Gasteiger partial charge in [-0.15, -0.1) is 22.7 Å². The summed E-state index contributed by atoms with van der Waals surface area (Å²) < 4.78 is 0. The third kappa shape index (κ3) is 4.81. The second-order valence-corrected chi connectivity index (χ2v) is 8.10. The van der Waals surface area contributed by atoms with Gasteiger partial charge in [-0.05, 0) is 18.4 Å². The van der Waals surface area contributed by atoms with Gasteiger partial charge in [-0.1, -0.05) is 19.9 Å². The molecule has 2 aromatic rings. The lowest BCUT2D eigenvalue weighted by molar-refractivity contribution is 0.518. The number of hydrogen-bond acceptors (Lipinski definition) is 4. The molecule has 0 amide bonds. The van der Waals surface area contributed by atoms with Crippen LogP contribution in [-0.4, -0.2) is 31.1 Å². The SMILES string of the molecule is CN=C(NCCc1ncc(C)s1)NCC(C)(C)c1cccs1. The Labute approximate surface area is 140 Å². The van der Waals surface area contributed by atoms with E-state index in [4.69, 9.17) is 0 Å². The quantitative estimate of drug-likeness (QED) is 0.629. The highest BCUT2D eigenvalue weighted by molar-refractivity contribution is 7.11. The molecule has 0 aliphatic carbocycles. The molecule has 4 nitrogen and oxygen atoms in total. The summed E-state index contributed by atoms with van der Waals surface area (Å²) in [5.41, 5.74) is 0.0954.